The summed E-state index contributed by atoms with van der Waals surface area (Å²) in [7, 11) is 1.66. The van der Waals surface area contributed by atoms with Gasteiger partial charge in [-0.3, -0.25) is 0 Å². The molecular formula is C12H16O2. The normalized spacial score (nSPS) is 9.79. The Morgan fingerprint density at radius 3 is 2.50 bits per heavy atom. The topological polar surface area (TPSA) is 29.5 Å². The van der Waals surface area contributed by atoms with Crippen LogP contribution < -0.4 is 4.74 Å². The first-order valence-electron chi connectivity index (χ1n) is 4.72. The lowest BCUT2D eigenvalue weighted by molar-refractivity contribution is 0.387. The number of rotatable bonds is 5. The first-order valence-corrected chi connectivity index (χ1v) is 4.72. The molecule has 1 aromatic rings. The Morgan fingerprint density at radius 1 is 1.36 bits per heavy atom. The number of aliphatic hydroxyl groups is 1. The number of methoxy groups -OCH3 is 1. The molecule has 2 nitrogen and oxygen atoms in total. The average Bonchev–Trinajstić information content (AvgIpc) is 2.18. The molecule has 0 aliphatic rings. The van der Waals surface area contributed by atoms with Gasteiger partial charge in [-0.1, -0.05) is 18.7 Å². The summed E-state index contributed by atoms with van der Waals surface area (Å²) in [4.78, 5) is 0. The smallest absolute Gasteiger partial charge is 0.118 e. The zero-order valence-electron chi connectivity index (χ0n) is 8.49. The highest BCUT2D eigenvalue weighted by molar-refractivity contribution is 5.27. The van der Waals surface area contributed by atoms with E-state index in [2.05, 4.69) is 6.58 Å². The zero-order valence-corrected chi connectivity index (χ0v) is 8.49. The van der Waals surface area contributed by atoms with Gasteiger partial charge in [0.2, 0.25) is 0 Å². The third kappa shape index (κ3) is 3.52. The van der Waals surface area contributed by atoms with E-state index in [-0.39, 0.29) is 5.76 Å². The van der Waals surface area contributed by atoms with E-state index in [0.29, 0.717) is 6.42 Å². The fourth-order valence-corrected chi connectivity index (χ4v) is 1.29. The summed E-state index contributed by atoms with van der Waals surface area (Å²) in [6.07, 6.45) is 2.57. The van der Waals surface area contributed by atoms with E-state index in [9.17, 15) is 0 Å². The second-order valence-corrected chi connectivity index (χ2v) is 3.27. The van der Waals surface area contributed by atoms with Gasteiger partial charge in [0.15, 0.2) is 0 Å². The number of benzene rings is 1. The van der Waals surface area contributed by atoms with Crippen molar-refractivity contribution < 1.29 is 9.84 Å². The second-order valence-electron chi connectivity index (χ2n) is 3.27. The molecule has 0 bridgehead atoms. The largest absolute Gasteiger partial charge is 0.513 e. The predicted molar refractivity (Wildman–Crippen MR) is 57.7 cm³/mol. The first-order chi connectivity index (χ1) is 6.72. The van der Waals surface area contributed by atoms with E-state index in [1.54, 1.807) is 7.11 Å². The average molecular weight is 192 g/mol. The van der Waals surface area contributed by atoms with E-state index in [0.717, 1.165) is 18.6 Å². The molecule has 1 aromatic carbocycles. The quantitative estimate of drug-likeness (QED) is 0.726. The van der Waals surface area contributed by atoms with Crippen molar-refractivity contribution in [2.24, 2.45) is 0 Å². The van der Waals surface area contributed by atoms with Crippen LogP contribution >= 0.6 is 0 Å². The summed E-state index contributed by atoms with van der Waals surface area (Å²) in [6.45, 7) is 3.45. The fourth-order valence-electron chi connectivity index (χ4n) is 1.29. The maximum absolute atomic E-state index is 8.90. The third-order valence-electron chi connectivity index (χ3n) is 2.09. The monoisotopic (exact) mass is 192 g/mol. The molecule has 0 aromatic heterocycles. The Labute approximate surface area is 84.8 Å². The van der Waals surface area contributed by atoms with Crippen LogP contribution in [-0.2, 0) is 6.42 Å². The molecule has 1 N–H and O–H groups in total. The summed E-state index contributed by atoms with van der Waals surface area (Å²) in [5, 5.41) is 8.90. The van der Waals surface area contributed by atoms with Gasteiger partial charge in [-0.25, -0.2) is 0 Å². The van der Waals surface area contributed by atoms with Crippen LogP contribution in [-0.4, -0.2) is 12.2 Å². The van der Waals surface area contributed by atoms with Gasteiger partial charge in [-0.15, -0.1) is 0 Å². The van der Waals surface area contributed by atoms with Gasteiger partial charge in [0.1, 0.15) is 5.75 Å². The van der Waals surface area contributed by atoms with Gasteiger partial charge in [0.05, 0.1) is 12.9 Å². The first kappa shape index (κ1) is 10.6. The minimum absolute atomic E-state index is 0.263. The Balaban J connectivity index is 2.40. The molecule has 0 radical (unpaired) electrons. The SMILES string of the molecule is C=C(O)CCCc1ccc(OC)cc1. The lowest BCUT2D eigenvalue weighted by Gasteiger charge is -2.02. The number of hydrogen-bond acceptors (Lipinski definition) is 2. The van der Waals surface area contributed by atoms with E-state index in [4.69, 9.17) is 9.84 Å². The van der Waals surface area contributed by atoms with Crippen LogP contribution in [0.3, 0.4) is 0 Å². The summed E-state index contributed by atoms with van der Waals surface area (Å²) < 4.78 is 5.06. The van der Waals surface area contributed by atoms with Crippen LogP contribution in [0.1, 0.15) is 18.4 Å². The molecule has 0 aliphatic heterocycles. The zero-order chi connectivity index (χ0) is 10.4. The van der Waals surface area contributed by atoms with Crippen LogP contribution in [0.15, 0.2) is 36.6 Å². The van der Waals surface area contributed by atoms with Gasteiger partial charge in [-0.2, -0.15) is 0 Å². The Hall–Kier alpha value is -1.44. The van der Waals surface area contributed by atoms with E-state index < -0.39 is 0 Å². The molecular weight excluding hydrogens is 176 g/mol. The molecule has 0 atom stereocenters. The molecule has 76 valence electrons. The highest BCUT2D eigenvalue weighted by Crippen LogP contribution is 2.13. The molecule has 0 heterocycles. The van der Waals surface area contributed by atoms with Crippen molar-refractivity contribution in [1.82, 2.24) is 0 Å². The third-order valence-corrected chi connectivity index (χ3v) is 2.09. The van der Waals surface area contributed by atoms with Crippen LogP contribution in [0, 0.1) is 0 Å². The Kier molecular flexibility index (Phi) is 4.05. The van der Waals surface area contributed by atoms with Crippen LogP contribution in [0.4, 0.5) is 0 Å². The van der Waals surface area contributed by atoms with Gasteiger partial charge in [0, 0.05) is 6.42 Å². The lowest BCUT2D eigenvalue weighted by atomic mass is 10.1. The van der Waals surface area contributed by atoms with Gasteiger partial charge in [0.25, 0.3) is 0 Å². The molecule has 0 fully saturated rings. The van der Waals surface area contributed by atoms with Gasteiger partial charge in [-0.05, 0) is 30.5 Å². The minimum Gasteiger partial charge on any atom is -0.513 e. The molecule has 14 heavy (non-hydrogen) atoms. The summed E-state index contributed by atoms with van der Waals surface area (Å²) in [6, 6.07) is 7.98. The van der Waals surface area contributed by atoms with E-state index in [1.165, 1.54) is 5.56 Å². The molecule has 0 spiro atoms. The second kappa shape index (κ2) is 5.32. The fraction of sp³-hybridized carbons (Fsp3) is 0.333. The standard InChI is InChI=1S/C12H16O2/c1-10(13)4-3-5-11-6-8-12(14-2)9-7-11/h6-9,13H,1,3-5H2,2H3. The van der Waals surface area contributed by atoms with Crippen molar-refractivity contribution in [3.8, 4) is 5.75 Å². The van der Waals surface area contributed by atoms with E-state index >= 15 is 0 Å². The molecule has 0 unspecified atom stereocenters. The maximum atomic E-state index is 8.90. The van der Waals surface area contributed by atoms with Crippen LogP contribution in [0.2, 0.25) is 0 Å². The van der Waals surface area contributed by atoms with Crippen molar-refractivity contribution in [2.75, 3.05) is 7.11 Å². The predicted octanol–water partition coefficient (Wildman–Crippen LogP) is 3.09. The summed E-state index contributed by atoms with van der Waals surface area (Å²) in [5.41, 5.74) is 1.26. The molecule has 1 rings (SSSR count). The van der Waals surface area contributed by atoms with Crippen molar-refractivity contribution >= 4 is 0 Å². The van der Waals surface area contributed by atoms with Crippen molar-refractivity contribution in [2.45, 2.75) is 19.3 Å². The number of allylic oxidation sites excluding steroid dienone is 1. The summed E-state index contributed by atoms with van der Waals surface area (Å²) in [5.74, 6) is 1.14. The Bertz CT molecular complexity index is 288. The number of aliphatic hydroxyl groups excluding tert-OH is 1. The van der Waals surface area contributed by atoms with E-state index in [1.807, 2.05) is 24.3 Å². The van der Waals surface area contributed by atoms with Crippen LogP contribution in [0.25, 0.3) is 0 Å². The number of aryl methyl sites for hydroxylation is 1. The molecule has 0 saturated carbocycles. The maximum Gasteiger partial charge on any atom is 0.118 e. The molecule has 0 aliphatic carbocycles. The number of ether oxygens (including phenoxy) is 1. The molecule has 0 saturated heterocycles. The van der Waals surface area contributed by atoms with Crippen molar-refractivity contribution in [3.05, 3.63) is 42.2 Å². The van der Waals surface area contributed by atoms with Gasteiger partial charge < -0.3 is 9.84 Å². The number of hydrogen-bond donors (Lipinski definition) is 1. The summed E-state index contributed by atoms with van der Waals surface area (Å²) >= 11 is 0. The molecule has 2 heteroatoms. The van der Waals surface area contributed by atoms with Crippen LogP contribution in [0.5, 0.6) is 5.75 Å². The lowest BCUT2D eigenvalue weighted by Crippen LogP contribution is -1.88. The van der Waals surface area contributed by atoms with Crippen molar-refractivity contribution in [1.29, 1.82) is 0 Å². The Morgan fingerprint density at radius 2 is 2.00 bits per heavy atom. The molecule has 0 amide bonds. The van der Waals surface area contributed by atoms with Gasteiger partial charge >= 0.3 is 0 Å². The van der Waals surface area contributed by atoms with Crippen molar-refractivity contribution in [3.63, 3.8) is 0 Å². The highest BCUT2D eigenvalue weighted by Gasteiger charge is 1.95. The minimum atomic E-state index is 0.263. The highest BCUT2D eigenvalue weighted by atomic mass is 16.5.